The molecule has 1 aliphatic carbocycles. The molecular weight excluding hydrogens is 268 g/mol. The third-order valence-corrected chi connectivity index (χ3v) is 6.62. The van der Waals surface area contributed by atoms with Crippen molar-refractivity contribution < 1.29 is 8.42 Å². The molecule has 1 aromatic heterocycles. The average molecular weight is 288 g/mol. The minimum atomic E-state index is -3.35. The largest absolute Gasteiger partial charge is 0.326 e. The zero-order valence-corrected chi connectivity index (χ0v) is 12.2. The van der Waals surface area contributed by atoms with Crippen LogP contribution in [-0.2, 0) is 16.6 Å². The molecule has 1 aliphatic rings. The van der Waals surface area contributed by atoms with Gasteiger partial charge in [0.05, 0.1) is 0 Å². The van der Waals surface area contributed by atoms with Crippen LogP contribution in [0.3, 0.4) is 0 Å². The van der Waals surface area contributed by atoms with Gasteiger partial charge in [-0.3, -0.25) is 0 Å². The van der Waals surface area contributed by atoms with Crippen LogP contribution in [0.5, 0.6) is 0 Å². The molecule has 0 amide bonds. The molecule has 2 rings (SSSR count). The molecule has 2 unspecified atom stereocenters. The Kier molecular flexibility index (Phi) is 4.42. The molecule has 1 aromatic rings. The van der Waals surface area contributed by atoms with Crippen molar-refractivity contribution in [1.82, 2.24) is 4.72 Å². The van der Waals surface area contributed by atoms with Gasteiger partial charge in [0.2, 0.25) is 10.0 Å². The third kappa shape index (κ3) is 3.12. The molecule has 18 heavy (non-hydrogen) atoms. The predicted molar refractivity (Wildman–Crippen MR) is 73.9 cm³/mol. The Balaban J connectivity index is 1.98. The molecule has 6 heteroatoms. The van der Waals surface area contributed by atoms with Gasteiger partial charge in [-0.1, -0.05) is 19.8 Å². The van der Waals surface area contributed by atoms with Crippen molar-refractivity contribution in [3.05, 3.63) is 17.0 Å². The van der Waals surface area contributed by atoms with Gasteiger partial charge in [-0.05, 0) is 35.3 Å². The first-order valence-corrected chi connectivity index (χ1v) is 8.66. The minimum absolute atomic E-state index is 0.369. The zero-order valence-electron chi connectivity index (χ0n) is 10.6. The van der Waals surface area contributed by atoms with Crippen molar-refractivity contribution in [1.29, 1.82) is 0 Å². The smallest absolute Gasteiger partial charge is 0.250 e. The molecule has 3 N–H and O–H groups in total. The number of thiophene rings is 1. The maximum atomic E-state index is 12.1. The number of hydrogen-bond donors (Lipinski definition) is 2. The lowest BCUT2D eigenvalue weighted by molar-refractivity contribution is 0.414. The first-order valence-electron chi connectivity index (χ1n) is 6.30. The molecule has 2 atom stereocenters. The zero-order chi connectivity index (χ0) is 13.2. The van der Waals surface area contributed by atoms with Gasteiger partial charge in [0.15, 0.2) is 0 Å². The van der Waals surface area contributed by atoms with Crippen molar-refractivity contribution in [3.63, 3.8) is 0 Å². The highest BCUT2D eigenvalue weighted by atomic mass is 32.2. The molecule has 1 fully saturated rings. The van der Waals surface area contributed by atoms with Crippen molar-refractivity contribution in [2.75, 3.05) is 6.54 Å². The number of nitrogens with two attached hydrogens (primary N) is 1. The van der Waals surface area contributed by atoms with Crippen molar-refractivity contribution >= 4 is 21.4 Å². The quantitative estimate of drug-likeness (QED) is 0.869. The van der Waals surface area contributed by atoms with E-state index < -0.39 is 10.0 Å². The predicted octanol–water partition coefficient (Wildman–Crippen LogP) is 1.92. The second kappa shape index (κ2) is 5.69. The van der Waals surface area contributed by atoms with Crippen molar-refractivity contribution in [2.45, 2.75) is 36.9 Å². The molecular formula is C12H20N2O2S2. The normalized spacial score (nSPS) is 24.6. The van der Waals surface area contributed by atoms with Gasteiger partial charge in [0.1, 0.15) is 4.21 Å². The fourth-order valence-corrected chi connectivity index (χ4v) is 4.78. The van der Waals surface area contributed by atoms with E-state index in [0.717, 1.165) is 12.0 Å². The summed E-state index contributed by atoms with van der Waals surface area (Å²) in [7, 11) is -3.35. The summed E-state index contributed by atoms with van der Waals surface area (Å²) < 4.78 is 27.3. The van der Waals surface area contributed by atoms with Gasteiger partial charge in [0.25, 0.3) is 0 Å². The molecule has 0 saturated heterocycles. The van der Waals surface area contributed by atoms with E-state index in [1.807, 2.05) is 0 Å². The number of hydrogen-bond acceptors (Lipinski definition) is 4. The highest BCUT2D eigenvalue weighted by molar-refractivity contribution is 7.91. The Morgan fingerprint density at radius 2 is 2.28 bits per heavy atom. The molecule has 1 saturated carbocycles. The molecule has 102 valence electrons. The Bertz CT molecular complexity index is 496. The topological polar surface area (TPSA) is 72.2 Å². The summed E-state index contributed by atoms with van der Waals surface area (Å²) in [5.41, 5.74) is 6.36. The van der Waals surface area contributed by atoms with E-state index in [2.05, 4.69) is 11.6 Å². The molecule has 0 aromatic carbocycles. The van der Waals surface area contributed by atoms with Crippen LogP contribution in [-0.4, -0.2) is 15.0 Å². The van der Waals surface area contributed by atoms with Crippen molar-refractivity contribution in [3.8, 4) is 0 Å². The van der Waals surface area contributed by atoms with E-state index in [-0.39, 0.29) is 0 Å². The minimum Gasteiger partial charge on any atom is -0.326 e. The van der Waals surface area contributed by atoms with E-state index in [9.17, 15) is 8.42 Å². The van der Waals surface area contributed by atoms with E-state index in [1.54, 1.807) is 11.4 Å². The lowest BCUT2D eigenvalue weighted by Gasteiger charge is -2.15. The summed E-state index contributed by atoms with van der Waals surface area (Å²) in [5.74, 6) is 1.10. The maximum Gasteiger partial charge on any atom is 0.250 e. The number of sulfonamides is 1. The van der Waals surface area contributed by atoms with E-state index in [1.165, 1.54) is 24.2 Å². The van der Waals surface area contributed by atoms with Gasteiger partial charge in [-0.25, -0.2) is 13.1 Å². The van der Waals surface area contributed by atoms with Crippen LogP contribution >= 0.6 is 11.3 Å². The Morgan fingerprint density at radius 3 is 2.83 bits per heavy atom. The van der Waals surface area contributed by atoms with Gasteiger partial charge < -0.3 is 5.73 Å². The van der Waals surface area contributed by atoms with Gasteiger partial charge in [-0.2, -0.15) is 0 Å². The summed E-state index contributed by atoms with van der Waals surface area (Å²) in [4.78, 5) is 0. The first-order chi connectivity index (χ1) is 8.53. The second-order valence-electron chi connectivity index (χ2n) is 5.00. The molecule has 0 bridgehead atoms. The Hall–Kier alpha value is -0.430. The Morgan fingerprint density at radius 1 is 1.50 bits per heavy atom. The highest BCUT2D eigenvalue weighted by Gasteiger charge is 2.25. The molecule has 0 spiro atoms. The van der Waals surface area contributed by atoms with Crippen LogP contribution in [0.2, 0.25) is 0 Å². The summed E-state index contributed by atoms with van der Waals surface area (Å²) in [5, 5.41) is 1.80. The average Bonchev–Trinajstić information content (AvgIpc) is 2.95. The standard InChI is InChI=1S/C12H20N2O2S2/c1-9-3-2-4-11(9)7-14-18(15,16)12-5-10(6-13)8-17-12/h5,8-9,11,14H,2-4,6-7,13H2,1H3. The van der Waals surface area contributed by atoms with Crippen LogP contribution in [0, 0.1) is 11.8 Å². The number of nitrogens with one attached hydrogen (secondary N) is 1. The fourth-order valence-electron chi connectivity index (χ4n) is 2.41. The van der Waals surface area contributed by atoms with Crippen molar-refractivity contribution in [2.24, 2.45) is 17.6 Å². The van der Waals surface area contributed by atoms with E-state index in [4.69, 9.17) is 5.73 Å². The lowest BCUT2D eigenvalue weighted by atomic mass is 9.99. The van der Waals surface area contributed by atoms with Crippen LogP contribution in [0.25, 0.3) is 0 Å². The fraction of sp³-hybridized carbons (Fsp3) is 0.667. The molecule has 0 radical (unpaired) electrons. The van der Waals surface area contributed by atoms with Gasteiger partial charge >= 0.3 is 0 Å². The number of rotatable bonds is 5. The van der Waals surface area contributed by atoms with E-state index in [0.29, 0.717) is 29.1 Å². The van der Waals surface area contributed by atoms with E-state index >= 15 is 0 Å². The monoisotopic (exact) mass is 288 g/mol. The van der Waals surface area contributed by atoms with Crippen LogP contribution in [0.4, 0.5) is 0 Å². The van der Waals surface area contributed by atoms with Crippen LogP contribution in [0.1, 0.15) is 31.7 Å². The Labute approximate surface area is 113 Å². The summed E-state index contributed by atoms with van der Waals surface area (Å²) >= 11 is 1.23. The molecule has 0 aliphatic heterocycles. The second-order valence-corrected chi connectivity index (χ2v) is 7.90. The van der Waals surface area contributed by atoms with Gasteiger partial charge in [0, 0.05) is 13.1 Å². The SMILES string of the molecule is CC1CCCC1CNS(=O)(=O)c1cc(CN)cs1. The lowest BCUT2D eigenvalue weighted by Crippen LogP contribution is -2.29. The summed E-state index contributed by atoms with van der Waals surface area (Å²) in [6.45, 7) is 3.13. The van der Waals surface area contributed by atoms with Crippen LogP contribution in [0.15, 0.2) is 15.7 Å². The third-order valence-electron chi connectivity index (χ3n) is 3.70. The van der Waals surface area contributed by atoms with Gasteiger partial charge in [-0.15, -0.1) is 11.3 Å². The maximum absolute atomic E-state index is 12.1. The summed E-state index contributed by atoms with van der Waals surface area (Å²) in [6.07, 6.45) is 3.55. The first kappa shape index (κ1) is 14.0. The molecule has 4 nitrogen and oxygen atoms in total. The molecule has 1 heterocycles. The van der Waals surface area contributed by atoms with Crippen LogP contribution < -0.4 is 10.5 Å². The summed E-state index contributed by atoms with van der Waals surface area (Å²) in [6, 6.07) is 1.66. The highest BCUT2D eigenvalue weighted by Crippen LogP contribution is 2.31.